The van der Waals surface area contributed by atoms with Crippen LogP contribution in [-0.4, -0.2) is 12.1 Å². The standard InChI is InChI=1S/C26H21FOS2/c27-24-13-20-23(30-24)8-6-18-25-17(26(18)20)5-7-22-19(25)12-16(29-22)4-2-14-1-3-15-9-10-28-21(15)11-14/h1,3,5-8,11-12,18,24,26H,2,4,9-10,13H2. The van der Waals surface area contributed by atoms with Crippen LogP contribution in [0.15, 0.2) is 59.0 Å². The molecule has 0 saturated carbocycles. The maximum atomic E-state index is 14.0. The monoisotopic (exact) mass is 432 g/mol. The third kappa shape index (κ3) is 2.53. The molecule has 3 atom stereocenters. The molecule has 7 rings (SSSR count). The zero-order valence-corrected chi connectivity index (χ0v) is 18.1. The van der Waals surface area contributed by atoms with E-state index in [1.807, 2.05) is 11.3 Å². The van der Waals surface area contributed by atoms with E-state index in [0.29, 0.717) is 18.3 Å². The molecule has 0 fully saturated rings. The van der Waals surface area contributed by atoms with Gasteiger partial charge in [0.25, 0.3) is 0 Å². The number of ether oxygens (including phenoxy) is 1. The van der Waals surface area contributed by atoms with Crippen LogP contribution in [0.25, 0.3) is 10.1 Å². The molecule has 2 aromatic carbocycles. The molecule has 1 aromatic heterocycles. The Kier molecular flexibility index (Phi) is 3.80. The molecule has 0 amide bonds. The Labute approximate surface area is 183 Å². The Balaban J connectivity index is 1.18. The fraction of sp³-hybridized carbons (Fsp3) is 0.308. The van der Waals surface area contributed by atoms with Crippen LogP contribution in [0.2, 0.25) is 0 Å². The molecule has 150 valence electrons. The number of thiophene rings is 1. The molecule has 2 aliphatic carbocycles. The van der Waals surface area contributed by atoms with Gasteiger partial charge in [-0.05, 0) is 64.3 Å². The molecule has 2 aliphatic heterocycles. The molecular weight excluding hydrogens is 411 g/mol. The van der Waals surface area contributed by atoms with Crippen molar-refractivity contribution in [2.24, 2.45) is 0 Å². The van der Waals surface area contributed by atoms with Gasteiger partial charge in [-0.15, -0.1) is 11.3 Å². The minimum Gasteiger partial charge on any atom is -0.493 e. The minimum atomic E-state index is -0.761. The largest absolute Gasteiger partial charge is 0.493 e. The van der Waals surface area contributed by atoms with Crippen molar-refractivity contribution in [3.05, 3.63) is 86.2 Å². The summed E-state index contributed by atoms with van der Waals surface area (Å²) in [6, 6.07) is 13.7. The first-order valence-electron chi connectivity index (χ1n) is 10.8. The maximum Gasteiger partial charge on any atom is 0.154 e. The average Bonchev–Trinajstić information content (AvgIpc) is 3.44. The topological polar surface area (TPSA) is 9.23 Å². The highest BCUT2D eigenvalue weighted by Crippen LogP contribution is 2.61. The summed E-state index contributed by atoms with van der Waals surface area (Å²) in [5, 5.41) is 1.42. The zero-order valence-electron chi connectivity index (χ0n) is 16.5. The van der Waals surface area contributed by atoms with Crippen molar-refractivity contribution < 1.29 is 9.13 Å². The second-order valence-corrected chi connectivity index (χ2v) is 11.1. The van der Waals surface area contributed by atoms with Crippen molar-refractivity contribution in [2.45, 2.75) is 43.0 Å². The van der Waals surface area contributed by atoms with Crippen molar-refractivity contribution in [3.8, 4) is 5.75 Å². The highest BCUT2D eigenvalue weighted by molar-refractivity contribution is 8.04. The molecule has 30 heavy (non-hydrogen) atoms. The fourth-order valence-corrected chi connectivity index (χ4v) is 7.76. The Morgan fingerprint density at radius 3 is 3.03 bits per heavy atom. The summed E-state index contributed by atoms with van der Waals surface area (Å²) in [6.45, 7) is 0.819. The van der Waals surface area contributed by atoms with Crippen LogP contribution < -0.4 is 4.74 Å². The number of rotatable bonds is 3. The number of benzene rings is 2. The van der Waals surface area contributed by atoms with E-state index in [4.69, 9.17) is 4.74 Å². The quantitative estimate of drug-likeness (QED) is 0.438. The number of thioether (sulfide) groups is 1. The average molecular weight is 433 g/mol. The maximum absolute atomic E-state index is 14.0. The van der Waals surface area contributed by atoms with Crippen LogP contribution >= 0.6 is 23.1 Å². The van der Waals surface area contributed by atoms with Gasteiger partial charge in [0, 0.05) is 39.2 Å². The van der Waals surface area contributed by atoms with Gasteiger partial charge in [0.2, 0.25) is 0 Å². The molecule has 3 aromatic rings. The van der Waals surface area contributed by atoms with Gasteiger partial charge in [0.1, 0.15) is 5.75 Å². The van der Waals surface area contributed by atoms with Crippen LogP contribution in [0.4, 0.5) is 4.39 Å². The molecule has 0 radical (unpaired) electrons. The van der Waals surface area contributed by atoms with E-state index in [1.54, 1.807) is 0 Å². The molecule has 0 N–H and O–H groups in total. The van der Waals surface area contributed by atoms with Gasteiger partial charge >= 0.3 is 0 Å². The minimum absolute atomic E-state index is 0.410. The van der Waals surface area contributed by atoms with Gasteiger partial charge in [-0.3, -0.25) is 0 Å². The zero-order chi connectivity index (χ0) is 19.8. The van der Waals surface area contributed by atoms with Gasteiger partial charge in [-0.1, -0.05) is 42.1 Å². The molecule has 0 saturated heterocycles. The lowest BCUT2D eigenvalue weighted by Crippen LogP contribution is -2.26. The van der Waals surface area contributed by atoms with Crippen LogP contribution in [0.5, 0.6) is 5.75 Å². The molecule has 0 spiro atoms. The molecule has 4 heteroatoms. The Hall–Kier alpha value is -2.04. The van der Waals surface area contributed by atoms with E-state index in [2.05, 4.69) is 48.6 Å². The fourth-order valence-electron chi connectivity index (χ4n) is 5.62. The Morgan fingerprint density at radius 2 is 2.07 bits per heavy atom. The number of alkyl halides is 1. The highest BCUT2D eigenvalue weighted by Gasteiger charge is 2.45. The summed E-state index contributed by atoms with van der Waals surface area (Å²) in [5.41, 5.74) is 6.19. The lowest BCUT2D eigenvalue weighted by molar-refractivity contribution is 0.356. The summed E-state index contributed by atoms with van der Waals surface area (Å²) >= 11 is 3.33. The van der Waals surface area contributed by atoms with Crippen molar-refractivity contribution in [1.82, 2.24) is 0 Å². The second kappa shape index (κ2) is 6.48. The summed E-state index contributed by atoms with van der Waals surface area (Å²) in [6.07, 6.45) is 8.23. The number of aryl methyl sites for hydroxylation is 2. The van der Waals surface area contributed by atoms with Gasteiger partial charge in [0.15, 0.2) is 5.50 Å². The second-order valence-electron chi connectivity index (χ2n) is 8.72. The lowest BCUT2D eigenvalue weighted by Gasteiger charge is -2.42. The molecule has 0 bridgehead atoms. The summed E-state index contributed by atoms with van der Waals surface area (Å²) < 4.78 is 21.1. The lowest BCUT2D eigenvalue weighted by atomic mass is 9.61. The number of halogens is 1. The molecule has 3 unspecified atom stereocenters. The first-order chi connectivity index (χ1) is 14.7. The van der Waals surface area contributed by atoms with Crippen molar-refractivity contribution in [3.63, 3.8) is 0 Å². The van der Waals surface area contributed by atoms with Gasteiger partial charge in [0.05, 0.1) is 6.61 Å². The normalized spacial score (nSPS) is 25.6. The van der Waals surface area contributed by atoms with Crippen LogP contribution in [-0.2, 0) is 19.3 Å². The van der Waals surface area contributed by atoms with E-state index in [-0.39, 0.29) is 0 Å². The SMILES string of the molecule is FC1CC2=C(C=CC3c4c(ccc5sc(CCc6ccc7c(c6)OCC7)cc45)C23)S1. The third-order valence-electron chi connectivity index (χ3n) is 7.06. The van der Waals surface area contributed by atoms with Crippen LogP contribution in [0.3, 0.4) is 0 Å². The number of hydrogen-bond donors (Lipinski definition) is 0. The van der Waals surface area contributed by atoms with E-state index in [1.165, 1.54) is 59.5 Å². The van der Waals surface area contributed by atoms with Gasteiger partial charge < -0.3 is 4.74 Å². The highest BCUT2D eigenvalue weighted by atomic mass is 32.2. The van der Waals surface area contributed by atoms with Gasteiger partial charge in [-0.25, -0.2) is 4.39 Å². The van der Waals surface area contributed by atoms with E-state index in [9.17, 15) is 4.39 Å². The third-order valence-corrected chi connectivity index (χ3v) is 9.29. The molecule has 1 nitrogen and oxygen atoms in total. The molecule has 3 heterocycles. The van der Waals surface area contributed by atoms with E-state index >= 15 is 0 Å². The van der Waals surface area contributed by atoms with Crippen molar-refractivity contribution >= 4 is 33.2 Å². The molecular formula is C26H21FOS2. The summed E-state index contributed by atoms with van der Waals surface area (Å²) in [4.78, 5) is 2.63. The number of fused-ring (bicyclic) bond motifs is 8. The van der Waals surface area contributed by atoms with E-state index in [0.717, 1.165) is 31.6 Å². The first kappa shape index (κ1) is 17.6. The van der Waals surface area contributed by atoms with Gasteiger partial charge in [-0.2, -0.15) is 0 Å². The smallest absolute Gasteiger partial charge is 0.154 e. The predicted molar refractivity (Wildman–Crippen MR) is 124 cm³/mol. The Bertz CT molecular complexity index is 1270. The predicted octanol–water partition coefficient (Wildman–Crippen LogP) is 7.06. The first-order valence-corrected chi connectivity index (χ1v) is 12.5. The van der Waals surface area contributed by atoms with Crippen molar-refractivity contribution in [2.75, 3.05) is 6.61 Å². The molecule has 4 aliphatic rings. The number of hydrogen-bond acceptors (Lipinski definition) is 3. The van der Waals surface area contributed by atoms with Crippen LogP contribution in [0, 0.1) is 0 Å². The summed E-state index contributed by atoms with van der Waals surface area (Å²) in [7, 11) is 0. The van der Waals surface area contributed by atoms with E-state index < -0.39 is 5.50 Å². The Morgan fingerprint density at radius 1 is 1.10 bits per heavy atom. The summed E-state index contributed by atoms with van der Waals surface area (Å²) in [5.74, 6) is 1.92. The number of allylic oxidation sites excluding steroid dienone is 3. The van der Waals surface area contributed by atoms with Crippen molar-refractivity contribution in [1.29, 1.82) is 0 Å². The van der Waals surface area contributed by atoms with Crippen LogP contribution in [0.1, 0.15) is 45.4 Å².